The summed E-state index contributed by atoms with van der Waals surface area (Å²) < 4.78 is 4.86. The number of carbonyl (C=O) groups is 2. The molecule has 7 heteroatoms. The van der Waals surface area contributed by atoms with Crippen molar-refractivity contribution >= 4 is 35.1 Å². The standard InChI is InChI=1S/C20H23Cl2NO4/c1-3-27-18(25)16(21)12-20(22)10-8-13(9-11-20)23-17(24)14-6-4-5-7-15(14)19(23,2)26/h8-10,12,26H,3-7,11H2,1-2H3. The second kappa shape index (κ2) is 7.46. The zero-order valence-corrected chi connectivity index (χ0v) is 16.9. The van der Waals surface area contributed by atoms with Crippen molar-refractivity contribution in [2.45, 2.75) is 56.6 Å². The Kier molecular flexibility index (Phi) is 5.57. The molecule has 0 aromatic rings. The lowest BCUT2D eigenvalue weighted by Gasteiger charge is -2.35. The summed E-state index contributed by atoms with van der Waals surface area (Å²) in [5, 5.41) is 10.9. The zero-order valence-electron chi connectivity index (χ0n) is 15.4. The number of hydrogen-bond acceptors (Lipinski definition) is 4. The smallest absolute Gasteiger partial charge is 0.349 e. The van der Waals surface area contributed by atoms with Crippen LogP contribution in [0.2, 0.25) is 0 Å². The summed E-state index contributed by atoms with van der Waals surface area (Å²) in [7, 11) is 0. The van der Waals surface area contributed by atoms with E-state index in [0.29, 0.717) is 18.5 Å². The second-order valence-corrected chi connectivity index (χ2v) is 8.24. The van der Waals surface area contributed by atoms with Crippen molar-refractivity contribution in [1.82, 2.24) is 4.90 Å². The predicted octanol–water partition coefficient (Wildman–Crippen LogP) is 3.91. The molecule has 3 aliphatic rings. The monoisotopic (exact) mass is 411 g/mol. The van der Waals surface area contributed by atoms with Crippen LogP contribution < -0.4 is 0 Å². The van der Waals surface area contributed by atoms with Crippen molar-refractivity contribution in [3.05, 3.63) is 46.2 Å². The first-order chi connectivity index (χ1) is 12.7. The molecule has 3 rings (SSSR count). The van der Waals surface area contributed by atoms with Gasteiger partial charge in [-0.15, -0.1) is 11.6 Å². The van der Waals surface area contributed by atoms with Gasteiger partial charge in [-0.1, -0.05) is 23.8 Å². The topological polar surface area (TPSA) is 66.8 Å². The molecule has 0 aromatic heterocycles. The van der Waals surface area contributed by atoms with E-state index in [1.54, 1.807) is 32.1 Å². The van der Waals surface area contributed by atoms with Gasteiger partial charge < -0.3 is 9.84 Å². The van der Waals surface area contributed by atoms with Crippen molar-refractivity contribution < 1.29 is 19.4 Å². The van der Waals surface area contributed by atoms with Gasteiger partial charge in [-0.05, 0) is 63.7 Å². The molecule has 5 nitrogen and oxygen atoms in total. The molecule has 1 aliphatic heterocycles. The van der Waals surface area contributed by atoms with Gasteiger partial charge in [0.1, 0.15) is 5.03 Å². The van der Waals surface area contributed by atoms with Crippen LogP contribution in [0.3, 0.4) is 0 Å². The van der Waals surface area contributed by atoms with Gasteiger partial charge in [0.05, 0.1) is 11.5 Å². The first-order valence-electron chi connectivity index (χ1n) is 9.13. The fourth-order valence-corrected chi connectivity index (χ4v) is 4.42. The van der Waals surface area contributed by atoms with E-state index in [1.165, 1.54) is 11.0 Å². The zero-order chi connectivity index (χ0) is 19.8. The number of hydrogen-bond donors (Lipinski definition) is 1. The average molecular weight is 412 g/mol. The Labute approximate surface area is 168 Å². The normalized spacial score (nSPS) is 31.1. The van der Waals surface area contributed by atoms with E-state index in [9.17, 15) is 14.7 Å². The van der Waals surface area contributed by atoms with Gasteiger partial charge in [-0.3, -0.25) is 9.69 Å². The summed E-state index contributed by atoms with van der Waals surface area (Å²) in [6.07, 6.45) is 10.3. The molecule has 0 spiro atoms. The number of rotatable bonds is 4. The van der Waals surface area contributed by atoms with Gasteiger partial charge in [-0.2, -0.15) is 0 Å². The quantitative estimate of drug-likeness (QED) is 0.432. The highest BCUT2D eigenvalue weighted by Gasteiger charge is 2.48. The lowest BCUT2D eigenvalue weighted by molar-refractivity contribution is -0.138. The van der Waals surface area contributed by atoms with Crippen LogP contribution in [0.1, 0.15) is 46.0 Å². The number of alkyl halides is 1. The summed E-state index contributed by atoms with van der Waals surface area (Å²) in [6, 6.07) is 0. The molecular formula is C20H23Cl2NO4. The molecule has 2 unspecified atom stereocenters. The van der Waals surface area contributed by atoms with Crippen LogP contribution >= 0.6 is 23.2 Å². The van der Waals surface area contributed by atoms with Crippen LogP contribution in [0.25, 0.3) is 0 Å². The molecule has 1 amide bonds. The average Bonchev–Trinajstić information content (AvgIpc) is 2.83. The number of amides is 1. The maximum absolute atomic E-state index is 12.9. The van der Waals surface area contributed by atoms with Crippen molar-refractivity contribution in [2.24, 2.45) is 0 Å². The summed E-state index contributed by atoms with van der Waals surface area (Å²) in [5.74, 6) is -0.773. The van der Waals surface area contributed by atoms with Crippen molar-refractivity contribution in [3.8, 4) is 0 Å². The lowest BCUT2D eigenvalue weighted by Crippen LogP contribution is -2.45. The lowest BCUT2D eigenvalue weighted by atomic mass is 9.89. The largest absolute Gasteiger partial charge is 0.462 e. The number of nitrogens with zero attached hydrogens (tertiary/aromatic N) is 1. The Bertz CT molecular complexity index is 794. The Morgan fingerprint density at radius 3 is 2.70 bits per heavy atom. The maximum atomic E-state index is 12.9. The van der Waals surface area contributed by atoms with E-state index in [1.807, 2.05) is 0 Å². The molecule has 2 aliphatic carbocycles. The second-order valence-electron chi connectivity index (χ2n) is 7.13. The highest BCUT2D eigenvalue weighted by atomic mass is 35.5. The van der Waals surface area contributed by atoms with Gasteiger partial charge in [0.15, 0.2) is 5.72 Å². The number of halogens is 2. The van der Waals surface area contributed by atoms with Crippen molar-refractivity contribution in [2.75, 3.05) is 6.61 Å². The predicted molar refractivity (Wildman–Crippen MR) is 104 cm³/mol. The van der Waals surface area contributed by atoms with Crippen molar-refractivity contribution in [1.29, 1.82) is 0 Å². The van der Waals surface area contributed by atoms with Crippen LogP contribution in [0, 0.1) is 0 Å². The minimum atomic E-state index is -1.33. The summed E-state index contributed by atoms with van der Waals surface area (Å²) >= 11 is 12.5. The highest BCUT2D eigenvalue weighted by Crippen LogP contribution is 2.45. The fraction of sp³-hybridized carbons (Fsp3) is 0.500. The molecule has 0 saturated carbocycles. The molecular weight excluding hydrogens is 389 g/mol. The van der Waals surface area contributed by atoms with E-state index in [0.717, 1.165) is 30.4 Å². The SMILES string of the molecule is CCOC(=O)C(Cl)=CC1(Cl)C=CC(N2C(=O)C3=C(CCCC3)C2(C)O)=CC1. The summed E-state index contributed by atoms with van der Waals surface area (Å²) in [5.41, 5.74) is 0.819. The molecule has 1 heterocycles. The number of carbonyl (C=O) groups excluding carboxylic acids is 2. The minimum Gasteiger partial charge on any atom is -0.462 e. The Hall–Kier alpha value is -1.56. The van der Waals surface area contributed by atoms with Gasteiger partial charge >= 0.3 is 5.97 Å². The molecule has 1 N–H and O–H groups in total. The maximum Gasteiger partial charge on any atom is 0.349 e. The molecule has 146 valence electrons. The van der Waals surface area contributed by atoms with Crippen molar-refractivity contribution in [3.63, 3.8) is 0 Å². The molecule has 0 radical (unpaired) electrons. The van der Waals surface area contributed by atoms with Crippen LogP contribution in [-0.4, -0.2) is 39.1 Å². The molecule has 27 heavy (non-hydrogen) atoms. The molecule has 0 aromatic carbocycles. The fourth-order valence-electron chi connectivity index (χ4n) is 3.86. The third-order valence-corrected chi connectivity index (χ3v) is 5.84. The number of allylic oxidation sites excluding steroid dienone is 4. The molecule has 0 saturated heterocycles. The molecule has 0 bridgehead atoms. The number of ether oxygens (including phenoxy) is 1. The summed E-state index contributed by atoms with van der Waals surface area (Å²) in [4.78, 5) is 25.0. The molecule has 2 atom stereocenters. The van der Waals surface area contributed by atoms with Crippen LogP contribution in [0.15, 0.2) is 46.2 Å². The highest BCUT2D eigenvalue weighted by molar-refractivity contribution is 6.42. The first kappa shape index (κ1) is 20.2. The number of aliphatic hydroxyl groups is 1. The van der Waals surface area contributed by atoms with Crippen LogP contribution in [0.4, 0.5) is 0 Å². The Morgan fingerprint density at radius 2 is 2.11 bits per heavy atom. The number of esters is 1. The third kappa shape index (κ3) is 3.73. The summed E-state index contributed by atoms with van der Waals surface area (Å²) in [6.45, 7) is 3.58. The first-order valence-corrected chi connectivity index (χ1v) is 9.88. The Morgan fingerprint density at radius 1 is 1.41 bits per heavy atom. The van der Waals surface area contributed by atoms with Crippen LogP contribution in [0.5, 0.6) is 0 Å². The molecule has 0 fully saturated rings. The van der Waals surface area contributed by atoms with E-state index in [4.69, 9.17) is 27.9 Å². The van der Waals surface area contributed by atoms with E-state index in [2.05, 4.69) is 0 Å². The van der Waals surface area contributed by atoms with E-state index < -0.39 is 16.6 Å². The van der Waals surface area contributed by atoms with Gasteiger partial charge in [0.2, 0.25) is 0 Å². The van der Waals surface area contributed by atoms with Gasteiger partial charge in [0, 0.05) is 11.3 Å². The Balaban J connectivity index is 1.80. The third-order valence-electron chi connectivity index (χ3n) is 5.19. The van der Waals surface area contributed by atoms with Crippen LogP contribution in [-0.2, 0) is 14.3 Å². The van der Waals surface area contributed by atoms with E-state index in [-0.39, 0.29) is 17.5 Å². The van der Waals surface area contributed by atoms with E-state index >= 15 is 0 Å². The van der Waals surface area contributed by atoms with Gasteiger partial charge in [0.25, 0.3) is 5.91 Å². The minimum absolute atomic E-state index is 0.0882. The van der Waals surface area contributed by atoms with Gasteiger partial charge in [-0.25, -0.2) is 4.79 Å².